The van der Waals surface area contributed by atoms with E-state index in [1.807, 2.05) is 6.92 Å². The fraction of sp³-hybridized carbons (Fsp3) is 0.333. The minimum atomic E-state index is 0.152. The summed E-state index contributed by atoms with van der Waals surface area (Å²) in [5, 5.41) is 9.67. The van der Waals surface area contributed by atoms with Gasteiger partial charge < -0.3 is 15.6 Å². The minimum absolute atomic E-state index is 0.152. The van der Waals surface area contributed by atoms with E-state index in [0.717, 1.165) is 14.9 Å². The molecule has 88 valence electrons. The number of hydrogen-bond donors (Lipinski definition) is 2. The van der Waals surface area contributed by atoms with Gasteiger partial charge in [-0.15, -0.1) is 0 Å². The van der Waals surface area contributed by atoms with Gasteiger partial charge in [-0.05, 0) is 47.2 Å². The highest BCUT2D eigenvalue weighted by molar-refractivity contribution is 14.1. The number of ether oxygens (including phenoxy) is 1. The van der Waals surface area contributed by atoms with Gasteiger partial charge in [-0.1, -0.05) is 19.6 Å². The predicted molar refractivity (Wildman–Crippen MR) is 74.0 cm³/mol. The van der Waals surface area contributed by atoms with Crippen LogP contribution in [0.3, 0.4) is 0 Å². The first-order chi connectivity index (χ1) is 7.61. The van der Waals surface area contributed by atoms with Crippen LogP contribution in [-0.2, 0) is 0 Å². The standard InChI is InChI=1S/C12H16INO2/c1-3-6-16-10-5-4-9(15)12(13)11(10)8(2)7-14/h3-5,8,15H,1,6-7,14H2,2H3. The lowest BCUT2D eigenvalue weighted by Crippen LogP contribution is -2.12. The van der Waals surface area contributed by atoms with Gasteiger partial charge in [-0.2, -0.15) is 0 Å². The average Bonchev–Trinajstić information content (AvgIpc) is 2.29. The summed E-state index contributed by atoms with van der Waals surface area (Å²) in [6, 6.07) is 3.40. The Kier molecular flexibility index (Phi) is 5.08. The van der Waals surface area contributed by atoms with Crippen molar-refractivity contribution in [1.29, 1.82) is 0 Å². The third-order valence-electron chi connectivity index (χ3n) is 2.32. The maximum atomic E-state index is 9.67. The van der Waals surface area contributed by atoms with Gasteiger partial charge in [-0.25, -0.2) is 0 Å². The van der Waals surface area contributed by atoms with Crippen LogP contribution >= 0.6 is 22.6 Å². The Morgan fingerprint density at radius 3 is 2.88 bits per heavy atom. The molecule has 1 unspecified atom stereocenters. The van der Waals surface area contributed by atoms with Gasteiger partial charge in [0.2, 0.25) is 0 Å². The molecule has 0 heterocycles. The molecular formula is C12H16INO2. The van der Waals surface area contributed by atoms with E-state index in [9.17, 15) is 5.11 Å². The van der Waals surface area contributed by atoms with E-state index >= 15 is 0 Å². The van der Waals surface area contributed by atoms with Crippen LogP contribution < -0.4 is 10.5 Å². The third-order valence-corrected chi connectivity index (χ3v) is 3.46. The second kappa shape index (κ2) is 6.10. The van der Waals surface area contributed by atoms with Crippen LogP contribution in [0.4, 0.5) is 0 Å². The first kappa shape index (κ1) is 13.3. The summed E-state index contributed by atoms with van der Waals surface area (Å²) in [4.78, 5) is 0. The van der Waals surface area contributed by atoms with Gasteiger partial charge in [0.05, 0.1) is 3.57 Å². The van der Waals surface area contributed by atoms with E-state index in [1.54, 1.807) is 18.2 Å². The monoisotopic (exact) mass is 333 g/mol. The Morgan fingerprint density at radius 2 is 2.31 bits per heavy atom. The topological polar surface area (TPSA) is 55.5 Å². The minimum Gasteiger partial charge on any atom is -0.507 e. The lowest BCUT2D eigenvalue weighted by molar-refractivity contribution is 0.355. The summed E-state index contributed by atoms with van der Waals surface area (Å²) >= 11 is 2.11. The molecule has 1 aromatic rings. The van der Waals surface area contributed by atoms with Crippen molar-refractivity contribution >= 4 is 22.6 Å². The van der Waals surface area contributed by atoms with Crippen molar-refractivity contribution < 1.29 is 9.84 Å². The van der Waals surface area contributed by atoms with Gasteiger partial charge in [0, 0.05) is 5.56 Å². The number of phenolic OH excluding ortho intramolecular Hbond substituents is 1. The van der Waals surface area contributed by atoms with Crippen LogP contribution in [0.2, 0.25) is 0 Å². The van der Waals surface area contributed by atoms with Crippen molar-refractivity contribution in [2.45, 2.75) is 12.8 Å². The highest BCUT2D eigenvalue weighted by atomic mass is 127. The number of halogens is 1. The number of nitrogens with two attached hydrogens (primary N) is 1. The Labute approximate surface area is 109 Å². The number of aromatic hydroxyl groups is 1. The summed E-state index contributed by atoms with van der Waals surface area (Å²) in [6.45, 7) is 6.59. The summed E-state index contributed by atoms with van der Waals surface area (Å²) in [5.41, 5.74) is 6.62. The van der Waals surface area contributed by atoms with Crippen LogP contribution in [0.15, 0.2) is 24.8 Å². The highest BCUT2D eigenvalue weighted by Gasteiger charge is 2.16. The van der Waals surface area contributed by atoms with E-state index in [-0.39, 0.29) is 11.7 Å². The number of hydrogen-bond acceptors (Lipinski definition) is 3. The first-order valence-electron chi connectivity index (χ1n) is 5.07. The molecule has 0 aromatic heterocycles. The Hall–Kier alpha value is -0.750. The summed E-state index contributed by atoms with van der Waals surface area (Å²) < 4.78 is 6.36. The molecule has 0 fully saturated rings. The van der Waals surface area contributed by atoms with Crippen molar-refractivity contribution in [1.82, 2.24) is 0 Å². The molecule has 3 N–H and O–H groups in total. The second-order valence-corrected chi connectivity index (χ2v) is 4.63. The molecule has 16 heavy (non-hydrogen) atoms. The maximum Gasteiger partial charge on any atom is 0.129 e. The SMILES string of the molecule is C=CCOc1ccc(O)c(I)c1C(C)CN. The summed E-state index contributed by atoms with van der Waals surface area (Å²) in [5.74, 6) is 1.18. The van der Waals surface area contributed by atoms with E-state index < -0.39 is 0 Å². The molecule has 0 aliphatic carbocycles. The highest BCUT2D eigenvalue weighted by Crippen LogP contribution is 2.35. The Bertz CT molecular complexity index is 380. The second-order valence-electron chi connectivity index (χ2n) is 3.55. The molecule has 0 radical (unpaired) electrons. The number of phenols is 1. The molecule has 0 spiro atoms. The molecule has 3 nitrogen and oxygen atoms in total. The zero-order valence-corrected chi connectivity index (χ0v) is 11.4. The molecule has 4 heteroatoms. The lowest BCUT2D eigenvalue weighted by Gasteiger charge is -2.17. The molecular weight excluding hydrogens is 317 g/mol. The quantitative estimate of drug-likeness (QED) is 0.643. The summed E-state index contributed by atoms with van der Waals surface area (Å²) in [7, 11) is 0. The van der Waals surface area contributed by atoms with Crippen LogP contribution in [-0.4, -0.2) is 18.3 Å². The molecule has 0 aliphatic heterocycles. The van der Waals surface area contributed by atoms with E-state index in [1.165, 1.54) is 0 Å². The molecule has 0 saturated heterocycles. The van der Waals surface area contributed by atoms with Gasteiger partial charge in [0.15, 0.2) is 0 Å². The third kappa shape index (κ3) is 2.89. The predicted octanol–water partition coefficient (Wildman–Crippen LogP) is 2.62. The zero-order chi connectivity index (χ0) is 12.1. The van der Waals surface area contributed by atoms with Gasteiger partial charge in [-0.3, -0.25) is 0 Å². The van der Waals surface area contributed by atoms with Crippen molar-refractivity contribution in [3.8, 4) is 11.5 Å². The first-order valence-corrected chi connectivity index (χ1v) is 6.14. The average molecular weight is 333 g/mol. The van der Waals surface area contributed by atoms with Crippen LogP contribution in [0.5, 0.6) is 11.5 Å². The fourth-order valence-corrected chi connectivity index (χ4v) is 2.39. The molecule has 1 aromatic carbocycles. The number of rotatable bonds is 5. The van der Waals surface area contributed by atoms with E-state index in [2.05, 4.69) is 29.2 Å². The van der Waals surface area contributed by atoms with Crippen LogP contribution in [0.25, 0.3) is 0 Å². The Morgan fingerprint density at radius 1 is 1.62 bits per heavy atom. The van der Waals surface area contributed by atoms with Crippen molar-refractivity contribution in [2.75, 3.05) is 13.2 Å². The zero-order valence-electron chi connectivity index (χ0n) is 9.24. The molecule has 0 bridgehead atoms. The lowest BCUT2D eigenvalue weighted by atomic mass is 10.00. The molecule has 0 amide bonds. The maximum absolute atomic E-state index is 9.67. The van der Waals surface area contributed by atoms with Crippen molar-refractivity contribution in [3.05, 3.63) is 33.9 Å². The molecule has 0 saturated carbocycles. The van der Waals surface area contributed by atoms with Crippen molar-refractivity contribution in [3.63, 3.8) is 0 Å². The fourth-order valence-electron chi connectivity index (χ4n) is 1.42. The van der Waals surface area contributed by atoms with Gasteiger partial charge in [0.25, 0.3) is 0 Å². The molecule has 1 rings (SSSR count). The largest absolute Gasteiger partial charge is 0.507 e. The molecule has 1 atom stereocenters. The van der Waals surface area contributed by atoms with Crippen LogP contribution in [0.1, 0.15) is 18.4 Å². The van der Waals surface area contributed by atoms with Crippen LogP contribution in [0, 0.1) is 3.57 Å². The Balaban J connectivity index is 3.15. The van der Waals surface area contributed by atoms with Gasteiger partial charge >= 0.3 is 0 Å². The smallest absolute Gasteiger partial charge is 0.129 e. The van der Waals surface area contributed by atoms with E-state index in [0.29, 0.717) is 13.2 Å². The number of benzene rings is 1. The summed E-state index contributed by atoms with van der Waals surface area (Å²) in [6.07, 6.45) is 1.69. The molecule has 0 aliphatic rings. The van der Waals surface area contributed by atoms with E-state index in [4.69, 9.17) is 10.5 Å². The van der Waals surface area contributed by atoms with Gasteiger partial charge in [0.1, 0.15) is 18.1 Å². The normalized spacial score (nSPS) is 12.2. The van der Waals surface area contributed by atoms with Crippen molar-refractivity contribution in [2.24, 2.45) is 5.73 Å².